The van der Waals surface area contributed by atoms with Gasteiger partial charge in [-0.2, -0.15) is 23.4 Å². The third-order valence-corrected chi connectivity index (χ3v) is 6.05. The van der Waals surface area contributed by atoms with E-state index in [4.69, 9.17) is 11.6 Å². The largest absolute Gasteiger partial charge is 0.433 e. The molecule has 0 saturated carbocycles. The van der Waals surface area contributed by atoms with Gasteiger partial charge in [0, 0.05) is 20.6 Å². The highest BCUT2D eigenvalue weighted by molar-refractivity contribution is 7.13. The van der Waals surface area contributed by atoms with E-state index in [0.29, 0.717) is 15.9 Å². The molecule has 0 bridgehead atoms. The van der Waals surface area contributed by atoms with E-state index in [-0.39, 0.29) is 27.7 Å². The molecular weight excluding hydrogens is 495 g/mol. The number of amides is 2. The number of rotatable bonds is 5. The average Bonchev–Trinajstić information content (AvgIpc) is 3.51. The SMILES string of the molecule is CCn1ncc(NC(=O)c2nn3c(C(F)(F)F)cc(-c4cccs4)nc3c2Cl)c1C(=O)N(C)C. The van der Waals surface area contributed by atoms with Crippen LogP contribution in [0.5, 0.6) is 0 Å². The first-order chi connectivity index (χ1) is 16.0. The van der Waals surface area contributed by atoms with Crippen LogP contribution in [0.25, 0.3) is 16.2 Å². The molecule has 4 rings (SSSR count). The second-order valence-corrected chi connectivity index (χ2v) is 8.60. The average molecular weight is 512 g/mol. The molecule has 0 aliphatic carbocycles. The Morgan fingerprint density at radius 1 is 1.29 bits per heavy atom. The Labute approximate surface area is 199 Å². The van der Waals surface area contributed by atoms with Crippen LogP contribution in [0.4, 0.5) is 18.9 Å². The number of thiophene rings is 1. The van der Waals surface area contributed by atoms with Crippen LogP contribution < -0.4 is 5.32 Å². The summed E-state index contributed by atoms with van der Waals surface area (Å²) in [5.74, 6) is -1.33. The van der Waals surface area contributed by atoms with Gasteiger partial charge in [-0.25, -0.2) is 9.50 Å². The van der Waals surface area contributed by atoms with Gasteiger partial charge < -0.3 is 10.2 Å². The van der Waals surface area contributed by atoms with E-state index < -0.39 is 29.4 Å². The number of halogens is 4. The minimum atomic E-state index is -4.79. The molecule has 0 aliphatic rings. The molecule has 4 aromatic rings. The van der Waals surface area contributed by atoms with Gasteiger partial charge in [-0.15, -0.1) is 11.3 Å². The second kappa shape index (κ2) is 8.72. The molecule has 9 nitrogen and oxygen atoms in total. The minimum Gasteiger partial charge on any atom is -0.343 e. The molecule has 0 aromatic carbocycles. The molecule has 2 amide bonds. The van der Waals surface area contributed by atoms with Crippen molar-refractivity contribution in [2.45, 2.75) is 19.6 Å². The molecule has 34 heavy (non-hydrogen) atoms. The highest BCUT2D eigenvalue weighted by atomic mass is 35.5. The minimum absolute atomic E-state index is 0.0478. The van der Waals surface area contributed by atoms with E-state index in [9.17, 15) is 22.8 Å². The summed E-state index contributed by atoms with van der Waals surface area (Å²) in [6.45, 7) is 2.11. The monoisotopic (exact) mass is 511 g/mol. The first-order valence-electron chi connectivity index (χ1n) is 9.82. The van der Waals surface area contributed by atoms with E-state index in [0.717, 1.165) is 6.07 Å². The van der Waals surface area contributed by atoms with Crippen molar-refractivity contribution >= 4 is 46.1 Å². The number of carbonyl (C=O) groups is 2. The van der Waals surface area contributed by atoms with Gasteiger partial charge >= 0.3 is 6.18 Å². The normalized spacial score (nSPS) is 11.7. The van der Waals surface area contributed by atoms with Gasteiger partial charge in [0.2, 0.25) is 0 Å². The highest BCUT2D eigenvalue weighted by Crippen LogP contribution is 2.35. The van der Waals surface area contributed by atoms with Crippen molar-refractivity contribution in [2.75, 3.05) is 19.4 Å². The predicted octanol–water partition coefficient (Wildman–Crippen LogP) is 4.30. The van der Waals surface area contributed by atoms with E-state index >= 15 is 0 Å². The van der Waals surface area contributed by atoms with Crippen molar-refractivity contribution in [3.05, 3.63) is 51.9 Å². The fraction of sp³-hybridized carbons (Fsp3) is 0.250. The first kappa shape index (κ1) is 23.7. The number of nitrogens with one attached hydrogen (secondary N) is 1. The predicted molar refractivity (Wildman–Crippen MR) is 120 cm³/mol. The zero-order chi connectivity index (χ0) is 24.8. The lowest BCUT2D eigenvalue weighted by Gasteiger charge is -2.13. The van der Waals surface area contributed by atoms with Crippen molar-refractivity contribution in [1.29, 1.82) is 0 Å². The molecule has 1 N–H and O–H groups in total. The Kier molecular flexibility index (Phi) is 6.08. The zero-order valence-electron chi connectivity index (χ0n) is 18.0. The van der Waals surface area contributed by atoms with Crippen molar-refractivity contribution in [1.82, 2.24) is 29.3 Å². The van der Waals surface area contributed by atoms with Gasteiger partial charge in [0.25, 0.3) is 11.8 Å². The summed E-state index contributed by atoms with van der Waals surface area (Å²) in [5, 5.41) is 11.7. The third kappa shape index (κ3) is 4.12. The number of fused-ring (bicyclic) bond motifs is 1. The summed E-state index contributed by atoms with van der Waals surface area (Å²) in [5.41, 5.74) is -1.71. The molecular formula is C20H17ClF3N7O2S. The lowest BCUT2D eigenvalue weighted by atomic mass is 10.2. The molecule has 0 fully saturated rings. The molecule has 0 saturated heterocycles. The van der Waals surface area contributed by atoms with Crippen molar-refractivity contribution in [3.8, 4) is 10.6 Å². The quantitative estimate of drug-likeness (QED) is 0.431. The Balaban J connectivity index is 1.81. The van der Waals surface area contributed by atoms with Crippen LogP contribution in [0, 0.1) is 0 Å². The topological polar surface area (TPSA) is 97.4 Å². The molecule has 0 radical (unpaired) electrons. The summed E-state index contributed by atoms with van der Waals surface area (Å²) >= 11 is 7.50. The third-order valence-electron chi connectivity index (χ3n) is 4.81. The maximum absolute atomic E-state index is 13.8. The van der Waals surface area contributed by atoms with Crippen LogP contribution in [0.1, 0.15) is 33.6 Å². The van der Waals surface area contributed by atoms with Gasteiger partial charge in [0.1, 0.15) is 10.7 Å². The van der Waals surface area contributed by atoms with Crippen LogP contribution in [0.15, 0.2) is 29.8 Å². The van der Waals surface area contributed by atoms with Gasteiger partial charge in [0.05, 0.1) is 22.5 Å². The van der Waals surface area contributed by atoms with Crippen LogP contribution in [-0.4, -0.2) is 55.2 Å². The number of anilines is 1. The highest BCUT2D eigenvalue weighted by Gasteiger charge is 2.37. The van der Waals surface area contributed by atoms with Crippen LogP contribution in [0.2, 0.25) is 5.02 Å². The maximum Gasteiger partial charge on any atom is 0.433 e. The van der Waals surface area contributed by atoms with Gasteiger partial charge in [0.15, 0.2) is 17.0 Å². The van der Waals surface area contributed by atoms with Crippen LogP contribution in [0.3, 0.4) is 0 Å². The summed E-state index contributed by atoms with van der Waals surface area (Å²) < 4.78 is 43.3. The van der Waals surface area contributed by atoms with Crippen LogP contribution >= 0.6 is 22.9 Å². The lowest BCUT2D eigenvalue weighted by Crippen LogP contribution is -2.26. The van der Waals surface area contributed by atoms with Gasteiger partial charge in [-0.1, -0.05) is 17.7 Å². The lowest BCUT2D eigenvalue weighted by molar-refractivity contribution is -0.142. The zero-order valence-corrected chi connectivity index (χ0v) is 19.6. The number of aryl methyl sites for hydroxylation is 1. The summed E-state index contributed by atoms with van der Waals surface area (Å²) in [6, 6.07) is 4.15. The summed E-state index contributed by atoms with van der Waals surface area (Å²) in [7, 11) is 3.07. The molecule has 4 aromatic heterocycles. The van der Waals surface area contributed by atoms with E-state index in [1.165, 1.54) is 41.2 Å². The molecule has 0 atom stereocenters. The molecule has 0 aliphatic heterocycles. The fourth-order valence-corrected chi connectivity index (χ4v) is 4.16. The number of carbonyl (C=O) groups excluding carboxylic acids is 2. The fourth-order valence-electron chi connectivity index (χ4n) is 3.22. The Morgan fingerprint density at radius 2 is 2.03 bits per heavy atom. The molecule has 14 heteroatoms. The molecule has 0 unspecified atom stereocenters. The van der Waals surface area contributed by atoms with Crippen LogP contribution in [-0.2, 0) is 12.7 Å². The maximum atomic E-state index is 13.8. The first-order valence-corrected chi connectivity index (χ1v) is 11.1. The van der Waals surface area contributed by atoms with E-state index in [1.54, 1.807) is 24.4 Å². The standard InChI is InChI=1S/C20H17ClF3N7O2S/c1-4-30-16(19(33)29(2)3)11(9-25-30)27-18(32)15-14(21)17-26-10(12-6-5-7-34-12)8-13(20(22,23)24)31(17)28-15/h5-9H,4H2,1-3H3,(H,27,32). The number of alkyl halides is 3. The van der Waals surface area contributed by atoms with Crippen molar-refractivity contribution in [3.63, 3.8) is 0 Å². The second-order valence-electron chi connectivity index (χ2n) is 7.28. The Morgan fingerprint density at radius 3 is 2.62 bits per heavy atom. The Bertz CT molecular complexity index is 1390. The Hall–Kier alpha value is -3.45. The summed E-state index contributed by atoms with van der Waals surface area (Å²) in [6.07, 6.45) is -3.51. The van der Waals surface area contributed by atoms with E-state index in [2.05, 4.69) is 20.5 Å². The number of hydrogen-bond donors (Lipinski definition) is 1. The molecule has 178 valence electrons. The number of aromatic nitrogens is 5. The molecule has 4 heterocycles. The number of hydrogen-bond acceptors (Lipinski definition) is 6. The summed E-state index contributed by atoms with van der Waals surface area (Å²) in [4.78, 5) is 31.6. The molecule has 0 spiro atoms. The van der Waals surface area contributed by atoms with Gasteiger partial charge in [-0.05, 0) is 24.4 Å². The van der Waals surface area contributed by atoms with Crippen molar-refractivity contribution in [2.24, 2.45) is 0 Å². The van der Waals surface area contributed by atoms with Crippen molar-refractivity contribution < 1.29 is 22.8 Å². The number of nitrogens with zero attached hydrogens (tertiary/aromatic N) is 6. The smallest absolute Gasteiger partial charge is 0.343 e. The van der Waals surface area contributed by atoms with E-state index in [1.807, 2.05) is 0 Å². The van der Waals surface area contributed by atoms with Gasteiger partial charge in [-0.3, -0.25) is 14.3 Å².